The highest BCUT2D eigenvalue weighted by atomic mass is 16.6. The number of imide groups is 1. The van der Waals surface area contributed by atoms with E-state index in [4.69, 9.17) is 9.84 Å². The third kappa shape index (κ3) is 2.52. The first kappa shape index (κ1) is 14.1. The van der Waals surface area contributed by atoms with Gasteiger partial charge in [0.1, 0.15) is 12.6 Å². The molecule has 22 heavy (non-hydrogen) atoms. The molecule has 2 heterocycles. The van der Waals surface area contributed by atoms with Crippen LogP contribution in [0.4, 0.5) is 9.59 Å². The van der Waals surface area contributed by atoms with Crippen LogP contribution in [-0.2, 0) is 9.53 Å². The third-order valence-electron chi connectivity index (χ3n) is 3.68. The van der Waals surface area contributed by atoms with Crippen molar-refractivity contribution in [1.29, 1.82) is 0 Å². The number of carboxylic acid groups (broad SMARTS) is 1. The predicted octanol–water partition coefficient (Wildman–Crippen LogP) is 1.63. The van der Waals surface area contributed by atoms with Gasteiger partial charge in [0.25, 0.3) is 5.91 Å². The van der Waals surface area contributed by atoms with Crippen molar-refractivity contribution in [2.45, 2.75) is 6.04 Å². The smallest absolute Gasteiger partial charge is 0.417 e. The SMILES string of the molecule is O=C(O)N1CC(=CC(=O)N2C(=O)OCC2c2ccccc2)C1. The fourth-order valence-corrected chi connectivity index (χ4v) is 2.50. The standard InChI is InChI=1S/C15H14N2O5/c18-13(6-10-7-16(8-10)14(19)20)17-12(9-22-15(17)21)11-4-2-1-3-5-11/h1-6,12H,7-9H2,(H,19,20). The maximum absolute atomic E-state index is 12.3. The van der Waals surface area contributed by atoms with Crippen molar-refractivity contribution in [3.8, 4) is 0 Å². The molecule has 3 amide bonds. The summed E-state index contributed by atoms with van der Waals surface area (Å²) in [6, 6.07) is 8.72. The lowest BCUT2D eigenvalue weighted by atomic mass is 10.1. The molecular formula is C15H14N2O5. The summed E-state index contributed by atoms with van der Waals surface area (Å²) in [5.41, 5.74) is 1.50. The van der Waals surface area contributed by atoms with Crippen molar-refractivity contribution in [1.82, 2.24) is 9.80 Å². The summed E-state index contributed by atoms with van der Waals surface area (Å²) >= 11 is 0. The van der Waals surface area contributed by atoms with Gasteiger partial charge in [-0.3, -0.25) is 4.79 Å². The van der Waals surface area contributed by atoms with E-state index in [9.17, 15) is 14.4 Å². The molecule has 1 N–H and O–H groups in total. The van der Waals surface area contributed by atoms with E-state index < -0.39 is 24.1 Å². The Kier molecular flexibility index (Phi) is 3.54. The largest absolute Gasteiger partial charge is 0.465 e. The lowest BCUT2D eigenvalue weighted by Crippen LogP contribution is -2.44. The topological polar surface area (TPSA) is 87.2 Å². The second-order valence-corrected chi connectivity index (χ2v) is 5.15. The van der Waals surface area contributed by atoms with Gasteiger partial charge in [0, 0.05) is 19.2 Å². The Labute approximate surface area is 126 Å². The fourth-order valence-electron chi connectivity index (χ4n) is 2.50. The highest BCUT2D eigenvalue weighted by molar-refractivity contribution is 6.00. The highest BCUT2D eigenvalue weighted by Crippen LogP contribution is 2.28. The zero-order valence-electron chi connectivity index (χ0n) is 11.6. The van der Waals surface area contributed by atoms with Crippen LogP contribution in [0.2, 0.25) is 0 Å². The van der Waals surface area contributed by atoms with Crippen LogP contribution in [0.1, 0.15) is 11.6 Å². The highest BCUT2D eigenvalue weighted by Gasteiger charge is 2.38. The Balaban J connectivity index is 1.74. The number of carbonyl (C=O) groups is 3. The van der Waals surface area contributed by atoms with Gasteiger partial charge < -0.3 is 14.7 Å². The first-order chi connectivity index (χ1) is 10.6. The number of rotatable bonds is 2. The van der Waals surface area contributed by atoms with E-state index >= 15 is 0 Å². The molecule has 0 aliphatic carbocycles. The minimum atomic E-state index is -1.02. The van der Waals surface area contributed by atoms with Crippen molar-refractivity contribution in [2.24, 2.45) is 0 Å². The molecule has 2 fully saturated rings. The van der Waals surface area contributed by atoms with E-state index in [0.717, 1.165) is 10.5 Å². The number of ether oxygens (including phenoxy) is 1. The number of nitrogens with zero attached hydrogens (tertiary/aromatic N) is 2. The first-order valence-corrected chi connectivity index (χ1v) is 6.78. The van der Waals surface area contributed by atoms with Gasteiger partial charge in [-0.15, -0.1) is 0 Å². The van der Waals surface area contributed by atoms with E-state index in [1.807, 2.05) is 30.3 Å². The molecule has 1 atom stereocenters. The molecule has 7 heteroatoms. The fraction of sp³-hybridized carbons (Fsp3) is 0.267. The molecule has 0 aromatic heterocycles. The van der Waals surface area contributed by atoms with Gasteiger partial charge in [-0.2, -0.15) is 0 Å². The second-order valence-electron chi connectivity index (χ2n) is 5.15. The number of hydrogen-bond donors (Lipinski definition) is 1. The molecule has 7 nitrogen and oxygen atoms in total. The van der Waals surface area contributed by atoms with Crippen LogP contribution in [0, 0.1) is 0 Å². The molecule has 1 aromatic carbocycles. The monoisotopic (exact) mass is 302 g/mol. The molecule has 2 aliphatic heterocycles. The van der Waals surface area contributed by atoms with Crippen LogP contribution in [-0.4, -0.2) is 52.7 Å². The number of benzene rings is 1. The molecular weight excluding hydrogens is 288 g/mol. The van der Waals surface area contributed by atoms with Gasteiger partial charge in [0.2, 0.25) is 0 Å². The Morgan fingerprint density at radius 2 is 1.91 bits per heavy atom. The normalized spacial score (nSPS) is 20.5. The average Bonchev–Trinajstić information content (AvgIpc) is 2.84. The van der Waals surface area contributed by atoms with Crippen molar-refractivity contribution in [3.05, 3.63) is 47.5 Å². The molecule has 114 valence electrons. The molecule has 0 radical (unpaired) electrons. The average molecular weight is 302 g/mol. The van der Waals surface area contributed by atoms with Gasteiger partial charge in [-0.05, 0) is 11.1 Å². The minimum Gasteiger partial charge on any atom is -0.465 e. The third-order valence-corrected chi connectivity index (χ3v) is 3.68. The zero-order chi connectivity index (χ0) is 15.7. The van der Waals surface area contributed by atoms with Crippen LogP contribution in [0.15, 0.2) is 42.0 Å². The molecule has 2 aliphatic rings. The van der Waals surface area contributed by atoms with E-state index in [-0.39, 0.29) is 19.7 Å². The lowest BCUT2D eigenvalue weighted by molar-refractivity contribution is -0.124. The molecule has 0 saturated carbocycles. The summed E-state index contributed by atoms with van der Waals surface area (Å²) in [7, 11) is 0. The van der Waals surface area contributed by atoms with Crippen molar-refractivity contribution in [2.75, 3.05) is 19.7 Å². The Hall–Kier alpha value is -2.83. The van der Waals surface area contributed by atoms with E-state index in [1.165, 1.54) is 11.0 Å². The van der Waals surface area contributed by atoms with E-state index in [2.05, 4.69) is 0 Å². The number of likely N-dealkylation sites (tertiary alicyclic amines) is 1. The maximum Gasteiger partial charge on any atom is 0.417 e. The quantitative estimate of drug-likeness (QED) is 0.839. The van der Waals surface area contributed by atoms with Gasteiger partial charge in [0.05, 0.1) is 0 Å². The Morgan fingerprint density at radius 1 is 1.23 bits per heavy atom. The molecule has 3 rings (SSSR count). The zero-order valence-corrected chi connectivity index (χ0v) is 11.6. The van der Waals surface area contributed by atoms with Crippen LogP contribution in [0.5, 0.6) is 0 Å². The van der Waals surface area contributed by atoms with E-state index in [0.29, 0.717) is 5.57 Å². The van der Waals surface area contributed by atoms with Crippen LogP contribution in [0.25, 0.3) is 0 Å². The molecule has 0 bridgehead atoms. The van der Waals surface area contributed by atoms with Crippen molar-refractivity contribution in [3.63, 3.8) is 0 Å². The molecule has 1 aromatic rings. The van der Waals surface area contributed by atoms with E-state index in [1.54, 1.807) is 0 Å². The molecule has 1 unspecified atom stereocenters. The first-order valence-electron chi connectivity index (χ1n) is 6.78. The minimum absolute atomic E-state index is 0.124. The van der Waals surface area contributed by atoms with Crippen LogP contribution < -0.4 is 0 Å². The van der Waals surface area contributed by atoms with Crippen molar-refractivity contribution >= 4 is 18.1 Å². The maximum atomic E-state index is 12.3. The van der Waals surface area contributed by atoms with Gasteiger partial charge in [-0.25, -0.2) is 14.5 Å². The van der Waals surface area contributed by atoms with Crippen LogP contribution in [0.3, 0.4) is 0 Å². The number of hydrogen-bond acceptors (Lipinski definition) is 4. The summed E-state index contributed by atoms with van der Waals surface area (Å²) in [6.07, 6.45) is -0.375. The van der Waals surface area contributed by atoms with Crippen molar-refractivity contribution < 1.29 is 24.2 Å². The molecule has 0 spiro atoms. The number of amides is 3. The number of carbonyl (C=O) groups excluding carboxylic acids is 2. The predicted molar refractivity (Wildman–Crippen MR) is 75.1 cm³/mol. The van der Waals surface area contributed by atoms with Gasteiger partial charge in [-0.1, -0.05) is 30.3 Å². The lowest BCUT2D eigenvalue weighted by Gasteiger charge is -2.31. The second kappa shape index (κ2) is 5.51. The van der Waals surface area contributed by atoms with Crippen LogP contribution >= 0.6 is 0 Å². The Bertz CT molecular complexity index is 647. The summed E-state index contributed by atoms with van der Waals surface area (Å²) in [5, 5.41) is 8.76. The number of cyclic esters (lactones) is 1. The Morgan fingerprint density at radius 3 is 2.55 bits per heavy atom. The summed E-state index contributed by atoms with van der Waals surface area (Å²) < 4.78 is 4.98. The summed E-state index contributed by atoms with van der Waals surface area (Å²) in [6.45, 7) is 0.513. The van der Waals surface area contributed by atoms with Gasteiger partial charge in [0.15, 0.2) is 0 Å². The molecule has 2 saturated heterocycles. The van der Waals surface area contributed by atoms with Gasteiger partial charge >= 0.3 is 12.2 Å². The summed E-state index contributed by atoms with van der Waals surface area (Å²) in [4.78, 5) is 37.1. The summed E-state index contributed by atoms with van der Waals surface area (Å²) in [5.74, 6) is -0.476.